The zero-order valence-electron chi connectivity index (χ0n) is 8.17. The first-order valence-corrected chi connectivity index (χ1v) is 5.60. The maximum absolute atomic E-state index is 11.4. The van der Waals surface area contributed by atoms with Crippen LogP contribution in [0.4, 0.5) is 0 Å². The quantitative estimate of drug-likeness (QED) is 0.657. The molecule has 0 unspecified atom stereocenters. The summed E-state index contributed by atoms with van der Waals surface area (Å²) in [7, 11) is 0. The first-order valence-electron chi connectivity index (χ1n) is 3.97. The highest BCUT2D eigenvalue weighted by Gasteiger charge is 2.18. The monoisotopic (exact) mass is 229 g/mol. The van der Waals surface area contributed by atoms with Crippen LogP contribution in [0.15, 0.2) is 16.3 Å². The van der Waals surface area contributed by atoms with Gasteiger partial charge in [0, 0.05) is 5.70 Å². The Balaban J connectivity index is 3.20. The van der Waals surface area contributed by atoms with Crippen molar-refractivity contribution in [2.24, 2.45) is 4.99 Å². The van der Waals surface area contributed by atoms with Crippen molar-refractivity contribution in [1.29, 1.82) is 0 Å². The number of thiocarbonyl (C=S) groups is 1. The van der Waals surface area contributed by atoms with Crippen molar-refractivity contribution in [3.63, 3.8) is 0 Å². The molecule has 6 heteroatoms. The summed E-state index contributed by atoms with van der Waals surface area (Å²) in [6, 6.07) is 0. The predicted molar refractivity (Wildman–Crippen MR) is 63.2 cm³/mol. The summed E-state index contributed by atoms with van der Waals surface area (Å²) >= 11 is 6.32. The summed E-state index contributed by atoms with van der Waals surface area (Å²) in [4.78, 5) is 15.5. The molecule has 14 heavy (non-hydrogen) atoms. The number of thioether (sulfide) groups is 1. The number of aliphatic imine (C=N–C) groups is 1. The number of allylic oxidation sites excluding steroid dienone is 1. The van der Waals surface area contributed by atoms with E-state index in [9.17, 15) is 4.79 Å². The minimum Gasteiger partial charge on any atom is -0.303 e. The normalized spacial score (nSPS) is 16.8. The number of ketones is 1. The van der Waals surface area contributed by atoms with E-state index in [4.69, 9.17) is 12.2 Å². The van der Waals surface area contributed by atoms with Gasteiger partial charge in [-0.15, -0.1) is 11.8 Å². The topological polar surface area (TPSA) is 53.5 Å². The molecule has 0 aliphatic carbocycles. The van der Waals surface area contributed by atoms with Crippen LogP contribution >= 0.6 is 24.0 Å². The fraction of sp³-hybridized carbons (Fsp3) is 0.375. The Morgan fingerprint density at radius 3 is 2.64 bits per heavy atom. The molecule has 1 rings (SSSR count). The number of carbonyl (C=O) groups excluding carboxylic acids is 1. The van der Waals surface area contributed by atoms with Gasteiger partial charge in [0.1, 0.15) is 5.04 Å². The predicted octanol–water partition coefficient (Wildman–Crippen LogP) is 1.00. The molecule has 0 aromatic rings. The van der Waals surface area contributed by atoms with E-state index in [2.05, 4.69) is 15.8 Å². The molecule has 0 saturated heterocycles. The van der Waals surface area contributed by atoms with Crippen molar-refractivity contribution in [3.05, 3.63) is 11.3 Å². The van der Waals surface area contributed by atoms with Crippen LogP contribution in [0.2, 0.25) is 0 Å². The summed E-state index contributed by atoms with van der Waals surface area (Å²) in [6.07, 6.45) is 1.86. The molecule has 0 aromatic heterocycles. The first-order chi connectivity index (χ1) is 6.56. The number of hydrogen-bond donors (Lipinski definition) is 2. The van der Waals surface area contributed by atoms with Crippen LogP contribution in [0.25, 0.3) is 0 Å². The van der Waals surface area contributed by atoms with Gasteiger partial charge >= 0.3 is 0 Å². The number of Topliss-reactive ketones (excluding diaryl/α,β-unsaturated/α-hetero) is 1. The van der Waals surface area contributed by atoms with Gasteiger partial charge in [-0.2, -0.15) is 0 Å². The second kappa shape index (κ2) is 4.56. The van der Waals surface area contributed by atoms with Gasteiger partial charge < -0.3 is 5.43 Å². The highest BCUT2D eigenvalue weighted by Crippen LogP contribution is 2.15. The molecular weight excluding hydrogens is 218 g/mol. The van der Waals surface area contributed by atoms with Crippen LogP contribution in [-0.4, -0.2) is 22.2 Å². The maximum Gasteiger partial charge on any atom is 0.212 e. The molecule has 0 bridgehead atoms. The Hall–Kier alpha value is -0.880. The third kappa shape index (κ3) is 2.33. The van der Waals surface area contributed by atoms with Gasteiger partial charge in [0.2, 0.25) is 5.11 Å². The second-order valence-electron chi connectivity index (χ2n) is 2.73. The van der Waals surface area contributed by atoms with Gasteiger partial charge in [-0.3, -0.25) is 10.2 Å². The SMILES string of the molecule is CSC1=NC(=S)NNC(C)=C1C(C)=O. The van der Waals surface area contributed by atoms with Crippen molar-refractivity contribution in [3.8, 4) is 0 Å². The molecule has 1 aliphatic rings. The fourth-order valence-electron chi connectivity index (χ4n) is 1.11. The number of rotatable bonds is 1. The van der Waals surface area contributed by atoms with Crippen molar-refractivity contribution in [2.75, 3.05) is 6.26 Å². The van der Waals surface area contributed by atoms with Crippen LogP contribution in [0, 0.1) is 0 Å². The average Bonchev–Trinajstić information content (AvgIpc) is 2.25. The molecule has 0 spiro atoms. The van der Waals surface area contributed by atoms with Gasteiger partial charge in [0.15, 0.2) is 5.78 Å². The molecule has 4 nitrogen and oxygen atoms in total. The van der Waals surface area contributed by atoms with Crippen LogP contribution < -0.4 is 10.9 Å². The highest BCUT2D eigenvalue weighted by atomic mass is 32.2. The summed E-state index contributed by atoms with van der Waals surface area (Å²) in [5.74, 6) is -0.0189. The molecule has 0 saturated carbocycles. The zero-order chi connectivity index (χ0) is 10.7. The number of nitrogens with one attached hydrogen (secondary N) is 2. The smallest absolute Gasteiger partial charge is 0.212 e. The van der Waals surface area contributed by atoms with E-state index in [1.54, 1.807) is 0 Å². The Morgan fingerprint density at radius 2 is 2.14 bits per heavy atom. The molecule has 2 N–H and O–H groups in total. The van der Waals surface area contributed by atoms with Crippen LogP contribution in [0.3, 0.4) is 0 Å². The average molecular weight is 229 g/mol. The molecule has 76 valence electrons. The van der Waals surface area contributed by atoms with Gasteiger partial charge in [0.25, 0.3) is 0 Å². The van der Waals surface area contributed by atoms with Crippen molar-refractivity contribution < 1.29 is 4.79 Å². The third-order valence-corrected chi connectivity index (χ3v) is 2.57. The van der Waals surface area contributed by atoms with E-state index in [0.717, 1.165) is 5.70 Å². The second-order valence-corrected chi connectivity index (χ2v) is 3.91. The molecule has 1 aliphatic heterocycles. The minimum atomic E-state index is -0.0189. The van der Waals surface area contributed by atoms with E-state index in [0.29, 0.717) is 15.7 Å². The van der Waals surface area contributed by atoms with Crippen LogP contribution in [-0.2, 0) is 4.79 Å². The van der Waals surface area contributed by atoms with E-state index < -0.39 is 0 Å². The van der Waals surface area contributed by atoms with Gasteiger partial charge in [-0.1, -0.05) is 0 Å². The molecule has 0 atom stereocenters. The fourth-order valence-corrected chi connectivity index (χ4v) is 1.99. The molecule has 0 aromatic carbocycles. The van der Waals surface area contributed by atoms with Gasteiger partial charge in [-0.05, 0) is 32.3 Å². The molecule has 0 radical (unpaired) electrons. The first kappa shape index (κ1) is 11.2. The highest BCUT2D eigenvalue weighted by molar-refractivity contribution is 8.14. The van der Waals surface area contributed by atoms with Crippen molar-refractivity contribution in [2.45, 2.75) is 13.8 Å². The molecule has 0 fully saturated rings. The van der Waals surface area contributed by atoms with E-state index >= 15 is 0 Å². The Kier molecular flexibility index (Phi) is 3.65. The molecule has 1 heterocycles. The number of hydrazine groups is 1. The van der Waals surface area contributed by atoms with Crippen LogP contribution in [0.5, 0.6) is 0 Å². The molecule has 0 amide bonds. The van der Waals surface area contributed by atoms with Gasteiger partial charge in [-0.25, -0.2) is 4.99 Å². The Labute approximate surface area is 92.2 Å². The van der Waals surface area contributed by atoms with E-state index in [1.165, 1.54) is 18.7 Å². The third-order valence-electron chi connectivity index (χ3n) is 1.69. The van der Waals surface area contributed by atoms with Crippen LogP contribution in [0.1, 0.15) is 13.8 Å². The summed E-state index contributed by atoms with van der Waals surface area (Å²) in [5.41, 5.74) is 6.87. The summed E-state index contributed by atoms with van der Waals surface area (Å²) in [5, 5.41) is 0.988. The lowest BCUT2D eigenvalue weighted by Gasteiger charge is -2.07. The summed E-state index contributed by atoms with van der Waals surface area (Å²) < 4.78 is 0. The lowest BCUT2D eigenvalue weighted by Crippen LogP contribution is -2.33. The summed E-state index contributed by atoms with van der Waals surface area (Å²) in [6.45, 7) is 3.32. The van der Waals surface area contributed by atoms with E-state index in [-0.39, 0.29) is 5.78 Å². The minimum absolute atomic E-state index is 0.0189. The van der Waals surface area contributed by atoms with Gasteiger partial charge in [0.05, 0.1) is 5.57 Å². The van der Waals surface area contributed by atoms with Crippen molar-refractivity contribution in [1.82, 2.24) is 10.9 Å². The Morgan fingerprint density at radius 1 is 1.50 bits per heavy atom. The lowest BCUT2D eigenvalue weighted by molar-refractivity contribution is -0.113. The van der Waals surface area contributed by atoms with E-state index in [1.807, 2.05) is 13.2 Å². The van der Waals surface area contributed by atoms with Crippen molar-refractivity contribution >= 4 is 39.9 Å². The maximum atomic E-state index is 11.4. The largest absolute Gasteiger partial charge is 0.303 e. The lowest BCUT2D eigenvalue weighted by atomic mass is 10.1. The number of hydrogen-bond acceptors (Lipinski definition) is 4. The molecular formula is C8H11N3OS2. The standard InChI is InChI=1S/C8H11N3OS2/c1-4-6(5(2)12)7(14-3)9-8(13)11-10-4/h10H,1-3H3,(H,11,13). The number of carbonyl (C=O) groups is 1. The Bertz CT molecular complexity index is 346. The zero-order valence-corrected chi connectivity index (χ0v) is 9.80. The number of nitrogens with zero attached hydrogens (tertiary/aromatic N) is 1.